The smallest absolute Gasteiger partial charge is 0.233 e. The second kappa shape index (κ2) is 10.2. The Hall–Kier alpha value is -1.59. The Balaban J connectivity index is 2.24. The van der Waals surface area contributed by atoms with Gasteiger partial charge < -0.3 is 20.1 Å². The van der Waals surface area contributed by atoms with E-state index in [0.717, 1.165) is 17.7 Å². The lowest BCUT2D eigenvalue weighted by Crippen LogP contribution is -2.36. The number of carbonyl (C=O) groups is 1. The van der Waals surface area contributed by atoms with Crippen LogP contribution < -0.4 is 15.4 Å². The van der Waals surface area contributed by atoms with Crippen LogP contribution in [0.15, 0.2) is 24.3 Å². The summed E-state index contributed by atoms with van der Waals surface area (Å²) in [6.45, 7) is 4.81. The Kier molecular flexibility index (Phi) is 8.42. The van der Waals surface area contributed by atoms with Crippen LogP contribution in [0.1, 0.15) is 12.5 Å². The molecule has 1 amide bonds. The number of benzene rings is 1. The Morgan fingerprint density at radius 2 is 2.05 bits per heavy atom. The summed E-state index contributed by atoms with van der Waals surface area (Å²) in [5.74, 6) is 0.887. The maximum absolute atomic E-state index is 11.6. The summed E-state index contributed by atoms with van der Waals surface area (Å²) in [6, 6.07) is 7.90. The molecule has 0 saturated carbocycles. The van der Waals surface area contributed by atoms with Gasteiger partial charge in [-0.05, 0) is 25.0 Å². The number of methoxy groups -OCH3 is 1. The quantitative estimate of drug-likeness (QED) is 0.627. The van der Waals surface area contributed by atoms with Crippen molar-refractivity contribution in [3.63, 3.8) is 0 Å². The molecule has 0 bridgehead atoms. The van der Waals surface area contributed by atoms with Crippen molar-refractivity contribution in [2.45, 2.75) is 13.3 Å². The molecule has 0 aliphatic carbocycles. The van der Waals surface area contributed by atoms with Crippen molar-refractivity contribution in [2.24, 2.45) is 0 Å². The second-order valence-corrected chi connectivity index (χ2v) is 4.31. The molecule has 0 aliphatic rings. The highest BCUT2D eigenvalue weighted by Gasteiger charge is 2.04. The molecule has 2 N–H and O–H groups in total. The highest BCUT2D eigenvalue weighted by Crippen LogP contribution is 2.17. The third-order valence-electron chi connectivity index (χ3n) is 2.76. The third kappa shape index (κ3) is 6.54. The lowest BCUT2D eigenvalue weighted by atomic mass is 10.1. The first-order valence-electron chi connectivity index (χ1n) is 6.95. The van der Waals surface area contributed by atoms with E-state index in [1.807, 2.05) is 31.2 Å². The molecule has 0 radical (unpaired) electrons. The Morgan fingerprint density at radius 1 is 1.25 bits per heavy atom. The van der Waals surface area contributed by atoms with Gasteiger partial charge in [-0.3, -0.25) is 4.79 Å². The lowest BCUT2D eigenvalue weighted by molar-refractivity contribution is -0.120. The minimum absolute atomic E-state index is 0.00464. The zero-order valence-corrected chi connectivity index (χ0v) is 12.3. The highest BCUT2D eigenvalue weighted by atomic mass is 16.5. The molecule has 0 spiro atoms. The van der Waals surface area contributed by atoms with Gasteiger partial charge >= 0.3 is 0 Å². The minimum atomic E-state index is -0.00464. The van der Waals surface area contributed by atoms with Gasteiger partial charge in [0.05, 0.1) is 19.8 Å². The Morgan fingerprint density at radius 3 is 2.80 bits per heavy atom. The van der Waals surface area contributed by atoms with Gasteiger partial charge in [0.2, 0.25) is 5.91 Å². The van der Waals surface area contributed by atoms with Crippen LogP contribution in [-0.2, 0) is 16.0 Å². The standard InChI is InChI=1S/C15H24N2O3/c1-3-20-14-7-5-4-6-13(14)8-9-17-15(18)12-16-10-11-19-2/h4-7,16H,3,8-12H2,1-2H3,(H,17,18). The van der Waals surface area contributed by atoms with Crippen LogP contribution in [0.25, 0.3) is 0 Å². The van der Waals surface area contributed by atoms with Gasteiger partial charge in [0, 0.05) is 20.2 Å². The topological polar surface area (TPSA) is 59.6 Å². The molecular formula is C15H24N2O3. The monoisotopic (exact) mass is 280 g/mol. The van der Waals surface area contributed by atoms with Crippen LogP contribution in [0.5, 0.6) is 5.75 Å². The molecule has 0 unspecified atom stereocenters. The predicted octanol–water partition coefficient (Wildman–Crippen LogP) is 0.980. The molecule has 0 fully saturated rings. The van der Waals surface area contributed by atoms with Crippen LogP contribution in [0.2, 0.25) is 0 Å². The molecular weight excluding hydrogens is 256 g/mol. The van der Waals surface area contributed by atoms with E-state index in [2.05, 4.69) is 10.6 Å². The summed E-state index contributed by atoms with van der Waals surface area (Å²) >= 11 is 0. The summed E-state index contributed by atoms with van der Waals surface area (Å²) in [6.07, 6.45) is 0.764. The zero-order valence-electron chi connectivity index (χ0n) is 12.3. The highest BCUT2D eigenvalue weighted by molar-refractivity contribution is 5.77. The number of hydrogen-bond acceptors (Lipinski definition) is 4. The number of nitrogens with one attached hydrogen (secondary N) is 2. The van der Waals surface area contributed by atoms with Crippen LogP contribution in [0, 0.1) is 0 Å². The Bertz CT molecular complexity index is 396. The van der Waals surface area contributed by atoms with Crippen LogP contribution in [-0.4, -0.2) is 45.9 Å². The van der Waals surface area contributed by atoms with Crippen molar-refractivity contribution in [2.75, 3.05) is 40.0 Å². The maximum atomic E-state index is 11.6. The molecule has 5 heteroatoms. The fourth-order valence-corrected chi connectivity index (χ4v) is 1.78. The van der Waals surface area contributed by atoms with Crippen LogP contribution >= 0.6 is 0 Å². The number of para-hydroxylation sites is 1. The van der Waals surface area contributed by atoms with Gasteiger partial charge in [0.1, 0.15) is 5.75 Å². The zero-order chi connectivity index (χ0) is 14.6. The molecule has 0 saturated heterocycles. The van der Waals surface area contributed by atoms with E-state index in [4.69, 9.17) is 9.47 Å². The SMILES string of the molecule is CCOc1ccccc1CCNC(=O)CNCCOC. The van der Waals surface area contributed by atoms with Gasteiger partial charge in [0.25, 0.3) is 0 Å². The van der Waals surface area contributed by atoms with Gasteiger partial charge in [-0.15, -0.1) is 0 Å². The van der Waals surface area contributed by atoms with E-state index in [9.17, 15) is 4.79 Å². The molecule has 1 aromatic rings. The second-order valence-electron chi connectivity index (χ2n) is 4.31. The first-order valence-corrected chi connectivity index (χ1v) is 6.95. The number of ether oxygens (including phenoxy) is 2. The summed E-state index contributed by atoms with van der Waals surface area (Å²) in [5.41, 5.74) is 1.11. The molecule has 5 nitrogen and oxygen atoms in total. The number of rotatable bonds is 10. The molecule has 112 valence electrons. The first kappa shape index (κ1) is 16.5. The average molecular weight is 280 g/mol. The van der Waals surface area contributed by atoms with Crippen molar-refractivity contribution < 1.29 is 14.3 Å². The van der Waals surface area contributed by atoms with E-state index >= 15 is 0 Å². The third-order valence-corrected chi connectivity index (χ3v) is 2.76. The summed E-state index contributed by atoms with van der Waals surface area (Å²) in [7, 11) is 1.64. The number of carbonyl (C=O) groups excluding carboxylic acids is 1. The van der Waals surface area contributed by atoms with E-state index in [1.165, 1.54) is 0 Å². The lowest BCUT2D eigenvalue weighted by Gasteiger charge is -2.10. The van der Waals surface area contributed by atoms with Crippen molar-refractivity contribution in [3.05, 3.63) is 29.8 Å². The van der Waals surface area contributed by atoms with E-state index in [-0.39, 0.29) is 5.91 Å². The molecule has 20 heavy (non-hydrogen) atoms. The maximum Gasteiger partial charge on any atom is 0.233 e. The van der Waals surface area contributed by atoms with Gasteiger partial charge in [-0.1, -0.05) is 18.2 Å². The van der Waals surface area contributed by atoms with Gasteiger partial charge in [0.15, 0.2) is 0 Å². The molecule has 1 rings (SSSR count). The molecule has 0 aromatic heterocycles. The molecule has 0 atom stereocenters. The van der Waals surface area contributed by atoms with Gasteiger partial charge in [-0.25, -0.2) is 0 Å². The van der Waals surface area contributed by atoms with Crippen molar-refractivity contribution in [3.8, 4) is 5.75 Å². The Labute approximate surface area is 120 Å². The predicted molar refractivity (Wildman–Crippen MR) is 79.1 cm³/mol. The molecule has 1 aromatic carbocycles. The summed E-state index contributed by atoms with van der Waals surface area (Å²) < 4.78 is 10.4. The van der Waals surface area contributed by atoms with Crippen molar-refractivity contribution >= 4 is 5.91 Å². The number of amides is 1. The molecule has 0 aliphatic heterocycles. The van der Waals surface area contributed by atoms with Gasteiger partial charge in [-0.2, -0.15) is 0 Å². The summed E-state index contributed by atoms with van der Waals surface area (Å²) in [4.78, 5) is 11.6. The van der Waals surface area contributed by atoms with E-state index in [1.54, 1.807) is 7.11 Å². The minimum Gasteiger partial charge on any atom is -0.494 e. The van der Waals surface area contributed by atoms with Crippen molar-refractivity contribution in [1.82, 2.24) is 10.6 Å². The van der Waals surface area contributed by atoms with E-state index < -0.39 is 0 Å². The largest absolute Gasteiger partial charge is 0.494 e. The molecule has 0 heterocycles. The van der Waals surface area contributed by atoms with Crippen LogP contribution in [0.4, 0.5) is 0 Å². The first-order chi connectivity index (χ1) is 9.77. The normalized spacial score (nSPS) is 10.3. The number of hydrogen-bond donors (Lipinski definition) is 2. The summed E-state index contributed by atoms with van der Waals surface area (Å²) in [5, 5.41) is 5.88. The van der Waals surface area contributed by atoms with E-state index in [0.29, 0.717) is 32.8 Å². The van der Waals surface area contributed by atoms with Crippen molar-refractivity contribution in [1.29, 1.82) is 0 Å². The fraction of sp³-hybridized carbons (Fsp3) is 0.533. The fourth-order valence-electron chi connectivity index (χ4n) is 1.78. The average Bonchev–Trinajstić information content (AvgIpc) is 2.46. The van der Waals surface area contributed by atoms with Crippen LogP contribution in [0.3, 0.4) is 0 Å².